The summed E-state index contributed by atoms with van der Waals surface area (Å²) in [7, 11) is 0. The summed E-state index contributed by atoms with van der Waals surface area (Å²) in [6.07, 6.45) is 0. The van der Waals surface area contributed by atoms with E-state index in [4.69, 9.17) is 15.1 Å². The third-order valence-corrected chi connectivity index (χ3v) is 8.91. The lowest BCUT2D eigenvalue weighted by Gasteiger charge is -2.11. The minimum Gasteiger partial charge on any atom is -0.309 e. The van der Waals surface area contributed by atoms with Crippen molar-refractivity contribution in [2.75, 3.05) is 0 Å². The van der Waals surface area contributed by atoms with Crippen LogP contribution in [-0.2, 0) is 0 Å². The molecule has 0 N–H and O–H groups in total. The van der Waals surface area contributed by atoms with Crippen molar-refractivity contribution in [3.63, 3.8) is 0 Å². The smallest absolute Gasteiger partial charge is 0.0652 e. The van der Waals surface area contributed by atoms with E-state index in [0.29, 0.717) is 5.69 Å². The van der Waals surface area contributed by atoms with E-state index in [-0.39, 0.29) is 55.3 Å². The Balaban J connectivity index is 1.34. The number of nitrogens with zero attached hydrogens (tertiary/aromatic N) is 3. The normalized spacial score (nSPS) is 18.0. The summed E-state index contributed by atoms with van der Waals surface area (Å²) < 4.78 is 205. The average Bonchev–Trinajstić information content (AvgIpc) is 4.05. The van der Waals surface area contributed by atoms with E-state index in [1.165, 1.54) is 33.4 Å². The van der Waals surface area contributed by atoms with E-state index in [0.717, 1.165) is 4.57 Å². The molecule has 3 heterocycles. The van der Waals surface area contributed by atoms with Crippen LogP contribution < -0.4 is 0 Å². The van der Waals surface area contributed by atoms with Crippen molar-refractivity contribution in [3.8, 4) is 28.2 Å². The van der Waals surface area contributed by atoms with Gasteiger partial charge in [-0.25, -0.2) is 0 Å². The summed E-state index contributed by atoms with van der Waals surface area (Å²) >= 11 is 0. The maximum Gasteiger partial charge on any atom is 0.0652 e. The van der Waals surface area contributed by atoms with Gasteiger partial charge in [0.1, 0.15) is 0 Å². The van der Waals surface area contributed by atoms with E-state index in [1.807, 2.05) is 0 Å². The van der Waals surface area contributed by atoms with Gasteiger partial charge in [-0.1, -0.05) is 103 Å². The molecule has 0 atom stereocenters. The molecule has 0 radical (unpaired) electrons. The number of benzene rings is 8. The zero-order chi connectivity index (χ0) is 52.6. The molecule has 11 aromatic rings. The summed E-state index contributed by atoms with van der Waals surface area (Å²) in [5.74, 6) is 0. The van der Waals surface area contributed by atoms with Crippen molar-refractivity contribution in [2.24, 2.45) is 0 Å². The van der Waals surface area contributed by atoms with Gasteiger partial charge in [-0.3, -0.25) is 0 Å². The molecule has 0 spiro atoms. The predicted octanol–water partition coefficient (Wildman–Crippen LogP) is 12.6. The van der Waals surface area contributed by atoms with Gasteiger partial charge >= 0.3 is 0 Å². The fraction of sp³-hybridized carbons (Fsp3) is 0. The van der Waals surface area contributed by atoms with Crippen LogP contribution >= 0.6 is 0 Å². The van der Waals surface area contributed by atoms with E-state index in [1.54, 1.807) is 30.3 Å². The largest absolute Gasteiger partial charge is 0.309 e. The van der Waals surface area contributed by atoms with Crippen molar-refractivity contribution in [1.82, 2.24) is 13.7 Å². The Morgan fingerprint density at radius 2 is 0.686 bits per heavy atom. The molecular formula is C48H31N3. The van der Waals surface area contributed by atoms with Crippen LogP contribution in [0.2, 0.25) is 0 Å². The first-order valence-corrected chi connectivity index (χ1v) is 15.7. The van der Waals surface area contributed by atoms with Crippen molar-refractivity contribution >= 4 is 65.4 Å². The molecule has 3 aromatic heterocycles. The summed E-state index contributed by atoms with van der Waals surface area (Å²) in [6, 6.07) is -1.01. The van der Waals surface area contributed by atoms with Crippen molar-refractivity contribution in [1.29, 1.82) is 0 Å². The molecule has 51 heavy (non-hydrogen) atoms. The van der Waals surface area contributed by atoms with E-state index >= 15 is 0 Å². The molecule has 0 unspecified atom stereocenters. The second-order valence-corrected chi connectivity index (χ2v) is 11.7. The van der Waals surface area contributed by atoms with E-state index in [9.17, 15) is 15.1 Å². The van der Waals surface area contributed by atoms with Crippen molar-refractivity contribution < 1.29 is 30.2 Å². The highest BCUT2D eigenvalue weighted by Gasteiger charge is 2.18. The van der Waals surface area contributed by atoms with Crippen molar-refractivity contribution in [2.45, 2.75) is 0 Å². The van der Waals surface area contributed by atoms with Crippen LogP contribution in [0.5, 0.6) is 0 Å². The zero-order valence-corrected chi connectivity index (χ0v) is 26.0. The van der Waals surface area contributed by atoms with Crippen molar-refractivity contribution in [3.05, 3.63) is 188 Å². The van der Waals surface area contributed by atoms with E-state index in [2.05, 4.69) is 0 Å². The van der Waals surface area contributed by atoms with Gasteiger partial charge < -0.3 is 13.7 Å². The Bertz CT molecular complexity index is 4380. The molecule has 0 aliphatic heterocycles. The third-order valence-electron chi connectivity index (χ3n) is 8.91. The first-order chi connectivity index (χ1) is 34.5. The SMILES string of the molecule is [2H]c1ccc(-n2c3c([2H])c([2H])c([2H])c([2H])c3c3c([2H])c(-n4c5c([2H])c([2H])c([2H])c([2H])c5c5c([2H])c(-c6c([2H])c([2H])c7c(c6[2H])c6c([2H])c([2H])c([2H])c([2H])c6n7-c6ccccc6)c([2H])c([2H])c54)c([2H])c([2H])c32)cc1. The lowest BCUT2D eigenvalue weighted by atomic mass is 10.0. The van der Waals surface area contributed by atoms with Crippen LogP contribution in [0.1, 0.15) is 30.2 Å². The first kappa shape index (κ1) is 14.2. The molecule has 0 aliphatic rings. The lowest BCUT2D eigenvalue weighted by Crippen LogP contribution is -1.95. The number of fused-ring (bicyclic) bond motifs is 9. The molecule has 0 bridgehead atoms. The van der Waals surface area contributed by atoms with Gasteiger partial charge in [-0.2, -0.15) is 0 Å². The molecule has 3 heteroatoms. The first-order valence-electron chi connectivity index (χ1n) is 26.7. The maximum atomic E-state index is 9.92. The second-order valence-electron chi connectivity index (χ2n) is 11.7. The van der Waals surface area contributed by atoms with Crippen LogP contribution in [0.3, 0.4) is 0 Å². The van der Waals surface area contributed by atoms with E-state index < -0.39 is 166 Å². The molecule has 0 saturated heterocycles. The number of hydrogen-bond acceptors (Lipinski definition) is 0. The Morgan fingerprint density at radius 3 is 1.20 bits per heavy atom. The fourth-order valence-corrected chi connectivity index (χ4v) is 6.74. The molecule has 238 valence electrons. The summed E-state index contributed by atoms with van der Waals surface area (Å²) in [5.41, 5.74) is -3.14. The molecule has 0 saturated carbocycles. The molecule has 0 amide bonds. The summed E-state index contributed by atoms with van der Waals surface area (Å²) in [5, 5.41) is -1.98. The minimum atomic E-state index is -0.889. The fourth-order valence-electron chi connectivity index (χ4n) is 6.74. The maximum absolute atomic E-state index is 9.92. The molecule has 0 aliphatic carbocycles. The van der Waals surface area contributed by atoms with Crippen LogP contribution in [0.15, 0.2) is 188 Å². The number of para-hydroxylation sites is 5. The zero-order valence-electron chi connectivity index (χ0n) is 48.0. The van der Waals surface area contributed by atoms with Gasteiger partial charge in [-0.15, -0.1) is 0 Å². The highest BCUT2D eigenvalue weighted by atomic mass is 15.0. The average molecular weight is 672 g/mol. The molecular weight excluding hydrogens is 619 g/mol. The molecule has 0 fully saturated rings. The van der Waals surface area contributed by atoms with Crippen LogP contribution in [0.25, 0.3) is 93.6 Å². The number of rotatable bonds is 4. The highest BCUT2D eigenvalue weighted by molar-refractivity contribution is 6.14. The third kappa shape index (κ3) is 4.12. The van der Waals surface area contributed by atoms with Gasteiger partial charge in [-0.05, 0) is 95.8 Å². The number of aromatic nitrogens is 3. The topological polar surface area (TPSA) is 14.8 Å². The Kier molecular flexibility index (Phi) is 3.01. The van der Waals surface area contributed by atoms with Gasteiger partial charge in [0.2, 0.25) is 0 Å². The predicted molar refractivity (Wildman–Crippen MR) is 215 cm³/mol. The van der Waals surface area contributed by atoms with Gasteiger partial charge in [0.05, 0.1) is 63.3 Å². The quantitative estimate of drug-likeness (QED) is 0.177. The Labute approximate surface area is 325 Å². The Hall–Kier alpha value is -6.84. The van der Waals surface area contributed by atoms with Gasteiger partial charge in [0.15, 0.2) is 0 Å². The summed E-state index contributed by atoms with van der Waals surface area (Å²) in [4.78, 5) is 0. The standard InChI is InChI=1S/C48H31N3/c1-3-13-34(14-4-1)49-43-20-10-7-17-37(43)40-29-32(23-26-46(40)49)33-24-27-47-41(30-33)38-18-8-12-22-45(38)51(47)36-25-28-48-42(31-36)39-19-9-11-21-44(39)50(48)35-15-5-2-6-16-35/h1-31H/i2D,7D,8D,9D,10D,11D,12D,17D,18D,19D,20D,21D,22D,23D,24D,25D,26D,27D,28D,29D,30D,31D. The van der Waals surface area contributed by atoms with Crippen LogP contribution in [0, 0.1) is 0 Å². The molecule has 3 nitrogen and oxygen atoms in total. The second kappa shape index (κ2) is 10.8. The molecule has 11 rings (SSSR count). The monoisotopic (exact) mass is 671 g/mol. The lowest BCUT2D eigenvalue weighted by molar-refractivity contribution is 1.17. The van der Waals surface area contributed by atoms with Crippen LogP contribution in [-0.4, -0.2) is 13.7 Å². The minimum absolute atomic E-state index is 0.0834. The number of hydrogen-bond donors (Lipinski definition) is 0. The Morgan fingerprint density at radius 1 is 0.294 bits per heavy atom. The van der Waals surface area contributed by atoms with Gasteiger partial charge in [0, 0.05) is 49.4 Å². The van der Waals surface area contributed by atoms with Crippen LogP contribution in [0.4, 0.5) is 0 Å². The molecule has 8 aromatic carbocycles. The van der Waals surface area contributed by atoms with Gasteiger partial charge in [0.25, 0.3) is 0 Å². The summed E-state index contributed by atoms with van der Waals surface area (Å²) in [6.45, 7) is 0. The highest BCUT2D eigenvalue weighted by Crippen LogP contribution is 2.40.